The van der Waals surface area contributed by atoms with Gasteiger partial charge >= 0.3 is 12.1 Å². The summed E-state index contributed by atoms with van der Waals surface area (Å²) < 4.78 is 31.7. The first-order chi connectivity index (χ1) is 6.71. The Morgan fingerprint density at radius 3 is 1.93 bits per heavy atom. The van der Waals surface area contributed by atoms with E-state index in [1.54, 1.807) is 0 Å². The van der Waals surface area contributed by atoms with Gasteiger partial charge in [-0.15, -0.1) is 0 Å². The highest BCUT2D eigenvalue weighted by Gasteiger charge is 2.38. The van der Waals surface area contributed by atoms with Crippen LogP contribution in [0.3, 0.4) is 0 Å². The molecule has 8 heteroatoms. The van der Waals surface area contributed by atoms with Gasteiger partial charge in [0, 0.05) is 18.9 Å². The topological polar surface area (TPSA) is 106 Å². The van der Waals surface area contributed by atoms with Crippen LogP contribution in [0.25, 0.3) is 0 Å². The van der Waals surface area contributed by atoms with Crippen molar-refractivity contribution in [2.45, 2.75) is 19.0 Å². The second-order valence-corrected chi connectivity index (χ2v) is 2.09. The van der Waals surface area contributed by atoms with E-state index in [1.807, 2.05) is 0 Å². The maximum absolute atomic E-state index is 10.6. The van der Waals surface area contributed by atoms with Crippen molar-refractivity contribution in [3.05, 3.63) is 0 Å². The van der Waals surface area contributed by atoms with Crippen LogP contribution in [0.15, 0.2) is 0 Å². The Balaban J connectivity index is 0. The molecule has 0 heterocycles. The number of nitrogens with two attached hydrogens (primary N) is 2. The van der Waals surface area contributed by atoms with Gasteiger partial charge in [0.05, 0.1) is 0 Å². The Morgan fingerprint density at radius 1 is 1.33 bits per heavy atom. The number of carbonyl (C=O) groups excluding carboxylic acids is 1. The molecule has 0 atom stereocenters. The Kier molecular flexibility index (Phi) is 7.77. The molecule has 0 bridgehead atoms. The van der Waals surface area contributed by atoms with E-state index in [-0.39, 0.29) is 5.91 Å². The van der Waals surface area contributed by atoms with Crippen molar-refractivity contribution in [1.29, 1.82) is 0 Å². The first-order valence-electron chi connectivity index (χ1n) is 3.48. The van der Waals surface area contributed by atoms with Crippen LogP contribution in [-0.2, 0) is 9.59 Å². The van der Waals surface area contributed by atoms with Crippen LogP contribution >= 0.6 is 0 Å². The lowest BCUT2D eigenvalue weighted by Gasteiger charge is -1.93. The van der Waals surface area contributed by atoms with E-state index < -0.39 is 12.1 Å². The number of aliphatic carboxylic acids is 1. The summed E-state index contributed by atoms with van der Waals surface area (Å²) in [5.74, 6) is -0.590. The number of hydrogen-bond donors (Lipinski definition) is 3. The van der Waals surface area contributed by atoms with Gasteiger partial charge in [0.25, 0.3) is 0 Å². The largest absolute Gasteiger partial charge is 0.490 e. The Labute approximate surface area is 83.2 Å². The highest BCUT2D eigenvalue weighted by molar-refractivity contribution is 5.74. The maximum Gasteiger partial charge on any atom is 0.490 e. The zero-order valence-electron chi connectivity index (χ0n) is 7.47. The zero-order chi connectivity index (χ0) is 12.5. The fourth-order valence-electron chi connectivity index (χ4n) is 0.258. The van der Waals surface area contributed by atoms with Crippen LogP contribution in [0.2, 0.25) is 0 Å². The molecule has 0 fully saturated rings. The molecule has 0 radical (unpaired) electrons. The fraction of sp³-hybridized carbons (Fsp3) is 0.429. The number of hydrogen-bond acceptors (Lipinski definition) is 3. The van der Waals surface area contributed by atoms with Crippen molar-refractivity contribution in [3.63, 3.8) is 0 Å². The summed E-state index contributed by atoms with van der Waals surface area (Å²) in [4.78, 5) is 18.9. The van der Waals surface area contributed by atoms with Gasteiger partial charge in [-0.3, -0.25) is 4.79 Å². The zero-order valence-corrected chi connectivity index (χ0v) is 7.47. The molecule has 0 rings (SSSR count). The van der Waals surface area contributed by atoms with E-state index in [0.29, 0.717) is 12.8 Å². The molecule has 0 spiro atoms. The van der Waals surface area contributed by atoms with Crippen molar-refractivity contribution in [2.75, 3.05) is 0 Å². The van der Waals surface area contributed by atoms with Crippen LogP contribution in [-0.4, -0.2) is 23.2 Å². The predicted octanol–water partition coefficient (Wildman–Crippen LogP) is -0.195. The third-order valence-electron chi connectivity index (χ3n) is 0.841. The van der Waals surface area contributed by atoms with Crippen LogP contribution in [0, 0.1) is 12.0 Å². The van der Waals surface area contributed by atoms with E-state index in [4.69, 9.17) is 21.4 Å². The van der Waals surface area contributed by atoms with Gasteiger partial charge in [-0.05, 0) is 0 Å². The highest BCUT2D eigenvalue weighted by atomic mass is 19.4. The van der Waals surface area contributed by atoms with Gasteiger partial charge in [0.2, 0.25) is 5.91 Å². The summed E-state index contributed by atoms with van der Waals surface area (Å²) in [6.45, 7) is 0. The van der Waals surface area contributed by atoms with Gasteiger partial charge in [-0.25, -0.2) is 4.79 Å². The predicted molar refractivity (Wildman–Crippen MR) is 44.1 cm³/mol. The van der Waals surface area contributed by atoms with Crippen LogP contribution in [0.4, 0.5) is 13.2 Å². The summed E-state index contributed by atoms with van der Waals surface area (Å²) >= 11 is 0. The molecule has 15 heavy (non-hydrogen) atoms. The molecule has 86 valence electrons. The van der Waals surface area contributed by atoms with E-state index in [2.05, 4.69) is 12.0 Å². The molecular formula is C7H9F3N2O3. The number of amides is 1. The number of carbonyl (C=O) groups is 2. The third kappa shape index (κ3) is 14.9. The summed E-state index contributed by atoms with van der Waals surface area (Å²) in [7, 11) is 0. The quantitative estimate of drug-likeness (QED) is 0.448. The molecule has 1 amide bonds. The molecule has 0 unspecified atom stereocenters. The SMILES string of the molecule is NC#CCCC(N)=O.O=C(O)C(F)(F)F. The normalized spacial score (nSPS) is 9.00. The summed E-state index contributed by atoms with van der Waals surface area (Å²) in [5.41, 5.74) is 9.59. The number of primary amides is 1. The molecule has 0 aliphatic carbocycles. The van der Waals surface area contributed by atoms with Crippen molar-refractivity contribution < 1.29 is 27.9 Å². The van der Waals surface area contributed by atoms with E-state index in [9.17, 15) is 18.0 Å². The number of halogens is 3. The number of carboxylic acids is 1. The van der Waals surface area contributed by atoms with Crippen molar-refractivity contribution >= 4 is 11.9 Å². The van der Waals surface area contributed by atoms with Gasteiger partial charge < -0.3 is 16.6 Å². The minimum absolute atomic E-state index is 0.296. The van der Waals surface area contributed by atoms with E-state index in [1.165, 1.54) is 0 Å². The van der Waals surface area contributed by atoms with Crippen LogP contribution in [0.1, 0.15) is 12.8 Å². The summed E-state index contributed by atoms with van der Waals surface area (Å²) in [5, 5.41) is 7.12. The van der Waals surface area contributed by atoms with Crippen molar-refractivity contribution in [3.8, 4) is 12.0 Å². The lowest BCUT2D eigenvalue weighted by molar-refractivity contribution is -0.192. The van der Waals surface area contributed by atoms with E-state index in [0.717, 1.165) is 0 Å². The second-order valence-electron chi connectivity index (χ2n) is 2.09. The number of rotatable bonds is 2. The molecule has 5 N–H and O–H groups in total. The average molecular weight is 226 g/mol. The first kappa shape index (κ1) is 15.6. The minimum atomic E-state index is -5.08. The number of alkyl halides is 3. The van der Waals surface area contributed by atoms with Gasteiger partial charge in [0.15, 0.2) is 0 Å². The second kappa shape index (κ2) is 7.49. The van der Waals surface area contributed by atoms with E-state index >= 15 is 0 Å². The molecule has 0 aromatic carbocycles. The summed E-state index contributed by atoms with van der Waals surface area (Å²) in [6, 6.07) is 2.17. The smallest absolute Gasteiger partial charge is 0.475 e. The Morgan fingerprint density at radius 2 is 1.73 bits per heavy atom. The highest BCUT2D eigenvalue weighted by Crippen LogP contribution is 2.13. The molecule has 0 aromatic heterocycles. The molecule has 0 saturated carbocycles. The average Bonchev–Trinajstić information content (AvgIpc) is 2.03. The van der Waals surface area contributed by atoms with Gasteiger partial charge in [-0.2, -0.15) is 13.2 Å². The standard InChI is InChI=1S/C5H8N2O.C2HF3O2/c6-4-2-1-3-5(7)8;3-2(4,5)1(6)7/h1,3,6H2,(H2,7,8);(H,6,7). The molecular weight excluding hydrogens is 217 g/mol. The molecule has 0 aliphatic heterocycles. The number of carboxylic acid groups (broad SMARTS) is 1. The lowest BCUT2D eigenvalue weighted by Crippen LogP contribution is -2.21. The van der Waals surface area contributed by atoms with Crippen LogP contribution in [0.5, 0.6) is 0 Å². The monoisotopic (exact) mass is 226 g/mol. The maximum atomic E-state index is 10.6. The molecule has 0 aliphatic rings. The van der Waals surface area contributed by atoms with Gasteiger partial charge in [-0.1, -0.05) is 5.92 Å². The van der Waals surface area contributed by atoms with Crippen LogP contribution < -0.4 is 11.5 Å². The van der Waals surface area contributed by atoms with Gasteiger partial charge in [0.1, 0.15) is 0 Å². The van der Waals surface area contributed by atoms with Crippen molar-refractivity contribution in [2.24, 2.45) is 11.5 Å². The third-order valence-corrected chi connectivity index (χ3v) is 0.841. The minimum Gasteiger partial charge on any atom is -0.475 e. The fourth-order valence-corrected chi connectivity index (χ4v) is 0.258. The Hall–Kier alpha value is -1.91. The Bertz CT molecular complexity index is 277. The lowest BCUT2D eigenvalue weighted by atomic mass is 10.3. The molecule has 0 aromatic rings. The first-order valence-corrected chi connectivity index (χ1v) is 3.48. The van der Waals surface area contributed by atoms with Crippen molar-refractivity contribution in [1.82, 2.24) is 0 Å². The summed E-state index contributed by atoms with van der Waals surface area (Å²) in [6.07, 6.45) is -4.32. The molecule has 0 saturated heterocycles. The molecule has 5 nitrogen and oxygen atoms in total.